The SMILES string of the molecule is O=S(=O)(Oc1ccc2c(c1)O[C@@H](c1ccccc1)CC2)N1CCCC1. The number of ether oxygens (including phenoxy) is 1. The number of nitrogens with zero attached hydrogens (tertiary/aromatic N) is 1. The van der Waals surface area contributed by atoms with Crippen molar-refractivity contribution in [3.8, 4) is 11.5 Å². The van der Waals surface area contributed by atoms with Gasteiger partial charge in [0.1, 0.15) is 17.6 Å². The first-order valence-electron chi connectivity index (χ1n) is 8.66. The minimum atomic E-state index is -3.73. The van der Waals surface area contributed by atoms with Gasteiger partial charge in [0.15, 0.2) is 0 Å². The summed E-state index contributed by atoms with van der Waals surface area (Å²) < 4.78 is 37.4. The van der Waals surface area contributed by atoms with E-state index >= 15 is 0 Å². The van der Waals surface area contributed by atoms with Gasteiger partial charge in [-0.15, -0.1) is 0 Å². The number of aryl methyl sites for hydroxylation is 1. The predicted molar refractivity (Wildman–Crippen MR) is 94.9 cm³/mol. The third kappa shape index (κ3) is 3.50. The lowest BCUT2D eigenvalue weighted by Crippen LogP contribution is -2.31. The van der Waals surface area contributed by atoms with E-state index in [4.69, 9.17) is 8.92 Å². The van der Waals surface area contributed by atoms with Gasteiger partial charge >= 0.3 is 10.3 Å². The van der Waals surface area contributed by atoms with E-state index in [1.165, 1.54) is 4.31 Å². The van der Waals surface area contributed by atoms with Gasteiger partial charge in [0.2, 0.25) is 0 Å². The largest absolute Gasteiger partial charge is 0.485 e. The Labute approximate surface area is 148 Å². The Morgan fingerprint density at radius 2 is 1.80 bits per heavy atom. The van der Waals surface area contributed by atoms with Crippen LogP contribution in [0.4, 0.5) is 0 Å². The fourth-order valence-electron chi connectivity index (χ4n) is 3.39. The summed E-state index contributed by atoms with van der Waals surface area (Å²) in [7, 11) is -3.73. The Kier molecular flexibility index (Phi) is 4.39. The van der Waals surface area contributed by atoms with E-state index in [0.717, 1.165) is 36.8 Å². The first-order chi connectivity index (χ1) is 12.1. The third-order valence-electron chi connectivity index (χ3n) is 4.74. The molecule has 5 nitrogen and oxygen atoms in total. The average Bonchev–Trinajstić information content (AvgIpc) is 3.17. The highest BCUT2D eigenvalue weighted by Gasteiger charge is 2.28. The van der Waals surface area contributed by atoms with Crippen molar-refractivity contribution in [3.63, 3.8) is 0 Å². The van der Waals surface area contributed by atoms with Crippen molar-refractivity contribution in [1.29, 1.82) is 0 Å². The quantitative estimate of drug-likeness (QED) is 0.839. The van der Waals surface area contributed by atoms with Crippen LogP contribution in [0.25, 0.3) is 0 Å². The van der Waals surface area contributed by atoms with Gasteiger partial charge in [0.25, 0.3) is 0 Å². The maximum Gasteiger partial charge on any atom is 0.385 e. The maximum absolute atomic E-state index is 12.3. The van der Waals surface area contributed by atoms with E-state index < -0.39 is 10.3 Å². The standard InChI is InChI=1S/C19H21NO4S/c21-25(22,20-12-4-5-13-20)24-17-10-8-16-9-11-18(23-19(16)14-17)15-6-2-1-3-7-15/h1-3,6-8,10,14,18H,4-5,9,11-13H2/t18-/m1/s1. The highest BCUT2D eigenvalue weighted by Crippen LogP contribution is 2.37. The lowest BCUT2D eigenvalue weighted by atomic mass is 9.97. The molecule has 1 saturated heterocycles. The van der Waals surface area contributed by atoms with Crippen LogP contribution in [0.3, 0.4) is 0 Å². The zero-order valence-electron chi connectivity index (χ0n) is 13.9. The van der Waals surface area contributed by atoms with Gasteiger partial charge in [-0.1, -0.05) is 36.4 Å². The predicted octanol–water partition coefficient (Wildman–Crippen LogP) is 3.47. The van der Waals surface area contributed by atoms with Crippen LogP contribution in [0, 0.1) is 0 Å². The molecule has 2 heterocycles. The van der Waals surface area contributed by atoms with Crippen LogP contribution in [0.2, 0.25) is 0 Å². The van der Waals surface area contributed by atoms with Gasteiger partial charge in [0.05, 0.1) is 0 Å². The van der Waals surface area contributed by atoms with Crippen molar-refractivity contribution < 1.29 is 17.3 Å². The minimum Gasteiger partial charge on any atom is -0.485 e. The molecule has 132 valence electrons. The molecule has 0 bridgehead atoms. The molecule has 2 aromatic carbocycles. The minimum absolute atomic E-state index is 0.0147. The lowest BCUT2D eigenvalue weighted by molar-refractivity contribution is 0.176. The summed E-state index contributed by atoms with van der Waals surface area (Å²) in [5.41, 5.74) is 2.21. The molecule has 0 aromatic heterocycles. The van der Waals surface area contributed by atoms with E-state index in [1.54, 1.807) is 12.1 Å². The molecule has 25 heavy (non-hydrogen) atoms. The zero-order valence-corrected chi connectivity index (χ0v) is 14.7. The Morgan fingerprint density at radius 3 is 2.56 bits per heavy atom. The van der Waals surface area contributed by atoms with Gasteiger partial charge in [-0.2, -0.15) is 12.7 Å². The summed E-state index contributed by atoms with van der Waals surface area (Å²) in [4.78, 5) is 0. The summed E-state index contributed by atoms with van der Waals surface area (Å²) >= 11 is 0. The number of benzene rings is 2. The summed E-state index contributed by atoms with van der Waals surface area (Å²) in [5.74, 6) is 1.01. The van der Waals surface area contributed by atoms with Gasteiger partial charge in [-0.25, -0.2) is 0 Å². The van der Waals surface area contributed by atoms with Crippen LogP contribution in [0.5, 0.6) is 11.5 Å². The number of hydrogen-bond donors (Lipinski definition) is 0. The Morgan fingerprint density at radius 1 is 1.04 bits per heavy atom. The van der Waals surface area contributed by atoms with Crippen molar-refractivity contribution >= 4 is 10.3 Å². The monoisotopic (exact) mass is 359 g/mol. The normalized spacial score (nSPS) is 20.7. The highest BCUT2D eigenvalue weighted by molar-refractivity contribution is 7.84. The Hall–Kier alpha value is -2.05. The maximum atomic E-state index is 12.3. The van der Waals surface area contributed by atoms with Crippen LogP contribution >= 0.6 is 0 Å². The molecule has 2 aliphatic rings. The van der Waals surface area contributed by atoms with Crippen LogP contribution in [-0.4, -0.2) is 25.8 Å². The Balaban J connectivity index is 1.54. The molecule has 0 N–H and O–H groups in total. The number of rotatable bonds is 4. The van der Waals surface area contributed by atoms with Crippen LogP contribution in [0.15, 0.2) is 48.5 Å². The molecule has 1 atom stereocenters. The molecule has 1 fully saturated rings. The second-order valence-electron chi connectivity index (χ2n) is 6.47. The van der Waals surface area contributed by atoms with Crippen LogP contribution in [-0.2, 0) is 16.7 Å². The van der Waals surface area contributed by atoms with E-state index in [-0.39, 0.29) is 6.10 Å². The summed E-state index contributed by atoms with van der Waals surface area (Å²) in [6.07, 6.45) is 3.56. The molecule has 2 aromatic rings. The third-order valence-corrected chi connectivity index (χ3v) is 6.14. The van der Waals surface area contributed by atoms with Crippen molar-refractivity contribution in [2.24, 2.45) is 0 Å². The van der Waals surface area contributed by atoms with E-state index in [9.17, 15) is 8.42 Å². The second-order valence-corrected chi connectivity index (χ2v) is 8.01. The molecule has 0 amide bonds. The van der Waals surface area contributed by atoms with Crippen molar-refractivity contribution in [3.05, 3.63) is 59.7 Å². The smallest absolute Gasteiger partial charge is 0.385 e. The van der Waals surface area contributed by atoms with Gasteiger partial charge in [-0.3, -0.25) is 0 Å². The molecule has 4 rings (SSSR count). The molecule has 6 heteroatoms. The number of fused-ring (bicyclic) bond motifs is 1. The topological polar surface area (TPSA) is 55.8 Å². The first-order valence-corrected chi connectivity index (χ1v) is 10.0. The molecule has 0 unspecified atom stereocenters. The van der Waals surface area contributed by atoms with E-state index in [2.05, 4.69) is 0 Å². The molecular formula is C19H21NO4S. The lowest BCUT2D eigenvalue weighted by Gasteiger charge is -2.27. The zero-order chi connectivity index (χ0) is 17.3. The molecular weight excluding hydrogens is 338 g/mol. The molecule has 0 aliphatic carbocycles. The summed E-state index contributed by atoms with van der Waals surface area (Å²) in [6, 6.07) is 15.4. The second kappa shape index (κ2) is 6.69. The number of hydrogen-bond acceptors (Lipinski definition) is 4. The summed E-state index contributed by atoms with van der Waals surface area (Å²) in [6.45, 7) is 1.06. The van der Waals surface area contributed by atoms with Gasteiger partial charge in [0, 0.05) is 19.2 Å². The molecule has 2 aliphatic heterocycles. The highest BCUT2D eigenvalue weighted by atomic mass is 32.2. The summed E-state index contributed by atoms with van der Waals surface area (Å²) in [5, 5.41) is 0. The first kappa shape index (κ1) is 16.4. The average molecular weight is 359 g/mol. The van der Waals surface area contributed by atoms with E-state index in [1.807, 2.05) is 36.4 Å². The van der Waals surface area contributed by atoms with Crippen molar-refractivity contribution in [1.82, 2.24) is 4.31 Å². The fraction of sp³-hybridized carbons (Fsp3) is 0.368. The molecule has 0 radical (unpaired) electrons. The van der Waals surface area contributed by atoms with Crippen molar-refractivity contribution in [2.45, 2.75) is 31.8 Å². The Bertz CT molecular complexity index is 845. The van der Waals surface area contributed by atoms with Crippen molar-refractivity contribution in [2.75, 3.05) is 13.1 Å². The molecule has 0 saturated carbocycles. The van der Waals surface area contributed by atoms with Crippen LogP contribution < -0.4 is 8.92 Å². The van der Waals surface area contributed by atoms with Crippen LogP contribution in [0.1, 0.15) is 36.5 Å². The molecule has 0 spiro atoms. The van der Waals surface area contributed by atoms with Gasteiger partial charge in [-0.05, 0) is 42.9 Å². The fourth-order valence-corrected chi connectivity index (χ4v) is 4.55. The van der Waals surface area contributed by atoms with Gasteiger partial charge < -0.3 is 8.92 Å². The van der Waals surface area contributed by atoms with E-state index in [0.29, 0.717) is 24.6 Å².